The van der Waals surface area contributed by atoms with Gasteiger partial charge in [0.1, 0.15) is 0 Å². The number of rotatable bonds is 4. The lowest BCUT2D eigenvalue weighted by molar-refractivity contribution is -0.121. The van der Waals surface area contributed by atoms with Gasteiger partial charge in [-0.05, 0) is 59.8 Å². The van der Waals surface area contributed by atoms with E-state index in [1.165, 1.54) is 0 Å². The molecule has 0 radical (unpaired) electrons. The van der Waals surface area contributed by atoms with Crippen LogP contribution in [0.25, 0.3) is 0 Å². The highest BCUT2D eigenvalue weighted by atomic mass is 79.9. The lowest BCUT2D eigenvalue weighted by atomic mass is 9.93. The maximum Gasteiger partial charge on any atom is 0.244 e. The molecule has 0 saturated carbocycles. The zero-order valence-corrected chi connectivity index (χ0v) is 13.0. The molecular weight excluding hydrogens is 292 g/mol. The van der Waals surface area contributed by atoms with Gasteiger partial charge in [0.25, 0.3) is 0 Å². The van der Waals surface area contributed by atoms with Gasteiger partial charge in [-0.2, -0.15) is 0 Å². The van der Waals surface area contributed by atoms with Crippen LogP contribution in [0.15, 0.2) is 16.6 Å². The number of benzene rings is 1. The molecule has 0 atom stereocenters. The Balaban J connectivity index is 3.02. The van der Waals surface area contributed by atoms with Crippen molar-refractivity contribution in [2.24, 2.45) is 5.73 Å². The molecule has 100 valence electrons. The van der Waals surface area contributed by atoms with Gasteiger partial charge in [-0.1, -0.05) is 19.9 Å². The molecule has 4 heteroatoms. The van der Waals surface area contributed by atoms with Gasteiger partial charge in [0, 0.05) is 4.47 Å². The summed E-state index contributed by atoms with van der Waals surface area (Å²) in [5.41, 5.74) is 8.29. The fourth-order valence-electron chi connectivity index (χ4n) is 1.88. The van der Waals surface area contributed by atoms with E-state index >= 15 is 0 Å². The fourth-order valence-corrected chi connectivity index (χ4v) is 2.66. The topological polar surface area (TPSA) is 55.1 Å². The monoisotopic (exact) mass is 312 g/mol. The van der Waals surface area contributed by atoms with Crippen molar-refractivity contribution >= 4 is 27.5 Å². The van der Waals surface area contributed by atoms with E-state index in [1.54, 1.807) is 0 Å². The minimum atomic E-state index is -0.795. The Morgan fingerprint density at radius 2 is 1.89 bits per heavy atom. The normalized spacial score (nSPS) is 11.4. The average molecular weight is 313 g/mol. The Kier molecular flexibility index (Phi) is 4.93. The number of anilines is 1. The van der Waals surface area contributed by atoms with E-state index in [1.807, 2.05) is 39.8 Å². The summed E-state index contributed by atoms with van der Waals surface area (Å²) >= 11 is 3.48. The van der Waals surface area contributed by atoms with Crippen LogP contribution in [0.1, 0.15) is 37.8 Å². The lowest BCUT2D eigenvalue weighted by Crippen LogP contribution is -2.50. The van der Waals surface area contributed by atoms with Crippen LogP contribution in [0.2, 0.25) is 0 Å². The quantitative estimate of drug-likeness (QED) is 0.893. The maximum atomic E-state index is 12.2. The molecule has 0 saturated heterocycles. The Morgan fingerprint density at radius 3 is 2.33 bits per heavy atom. The minimum absolute atomic E-state index is 0.125. The zero-order chi connectivity index (χ0) is 13.9. The summed E-state index contributed by atoms with van der Waals surface area (Å²) in [4.78, 5) is 12.2. The number of hydrogen-bond donors (Lipinski definition) is 2. The Morgan fingerprint density at radius 1 is 1.33 bits per heavy atom. The molecule has 1 amide bonds. The smallest absolute Gasteiger partial charge is 0.244 e. The van der Waals surface area contributed by atoms with Gasteiger partial charge >= 0.3 is 0 Å². The number of halogens is 1. The highest BCUT2D eigenvalue weighted by molar-refractivity contribution is 9.10. The first kappa shape index (κ1) is 15.2. The average Bonchev–Trinajstić information content (AvgIpc) is 2.32. The molecule has 0 aliphatic carbocycles. The van der Waals surface area contributed by atoms with Gasteiger partial charge in [-0.3, -0.25) is 4.79 Å². The minimum Gasteiger partial charge on any atom is -0.323 e. The lowest BCUT2D eigenvalue weighted by Gasteiger charge is -2.26. The van der Waals surface area contributed by atoms with Gasteiger partial charge in [0.15, 0.2) is 0 Å². The Bertz CT molecular complexity index is 430. The first-order valence-electron chi connectivity index (χ1n) is 6.21. The third-order valence-corrected chi connectivity index (χ3v) is 4.01. The van der Waals surface area contributed by atoms with Crippen LogP contribution >= 0.6 is 15.9 Å². The van der Waals surface area contributed by atoms with Crippen LogP contribution in [0.5, 0.6) is 0 Å². The highest BCUT2D eigenvalue weighted by Crippen LogP contribution is 2.29. The summed E-state index contributed by atoms with van der Waals surface area (Å²) in [5, 5.41) is 2.94. The molecular formula is C14H21BrN2O. The second-order valence-electron chi connectivity index (χ2n) is 4.76. The molecule has 0 unspecified atom stereocenters. The van der Waals surface area contributed by atoms with Crippen LogP contribution in [-0.2, 0) is 4.79 Å². The summed E-state index contributed by atoms with van der Waals surface area (Å²) in [6, 6.07) is 4.02. The van der Waals surface area contributed by atoms with Gasteiger partial charge in [-0.25, -0.2) is 0 Å². The molecule has 0 heterocycles. The van der Waals surface area contributed by atoms with E-state index in [0.717, 1.165) is 21.3 Å². The summed E-state index contributed by atoms with van der Waals surface area (Å²) in [6.07, 6.45) is 1.25. The molecule has 1 aromatic rings. The Hall–Kier alpha value is -0.870. The molecule has 1 aromatic carbocycles. The van der Waals surface area contributed by atoms with Crippen molar-refractivity contribution in [2.45, 2.75) is 46.1 Å². The SMILES string of the molecule is CCC(N)(CC)C(=O)Nc1c(C)cc(C)cc1Br. The summed E-state index contributed by atoms with van der Waals surface area (Å²) in [6.45, 7) is 7.86. The van der Waals surface area contributed by atoms with Gasteiger partial charge in [-0.15, -0.1) is 0 Å². The number of carbonyl (C=O) groups excluding carboxylic acids is 1. The third-order valence-electron chi connectivity index (χ3n) is 3.38. The van der Waals surface area contributed by atoms with Crippen LogP contribution < -0.4 is 11.1 Å². The molecule has 0 aliphatic heterocycles. The van der Waals surface area contributed by atoms with Crippen molar-refractivity contribution in [3.05, 3.63) is 27.7 Å². The van der Waals surface area contributed by atoms with Crippen molar-refractivity contribution in [1.82, 2.24) is 0 Å². The van der Waals surface area contributed by atoms with Crippen molar-refractivity contribution in [2.75, 3.05) is 5.32 Å². The molecule has 18 heavy (non-hydrogen) atoms. The maximum absolute atomic E-state index is 12.2. The predicted molar refractivity (Wildman–Crippen MR) is 79.7 cm³/mol. The zero-order valence-electron chi connectivity index (χ0n) is 11.4. The predicted octanol–water partition coefficient (Wildman–Crippen LogP) is 3.52. The van der Waals surface area contributed by atoms with Crippen LogP contribution in [0, 0.1) is 13.8 Å². The molecule has 0 aromatic heterocycles. The van der Waals surface area contributed by atoms with Crippen LogP contribution in [0.4, 0.5) is 5.69 Å². The number of aryl methyl sites for hydroxylation is 2. The highest BCUT2D eigenvalue weighted by Gasteiger charge is 2.30. The summed E-state index contributed by atoms with van der Waals surface area (Å²) < 4.78 is 0.892. The van der Waals surface area contributed by atoms with Gasteiger partial charge in [0.2, 0.25) is 5.91 Å². The molecule has 3 nitrogen and oxygen atoms in total. The number of nitrogens with two attached hydrogens (primary N) is 1. The first-order valence-corrected chi connectivity index (χ1v) is 7.00. The van der Waals surface area contributed by atoms with E-state index in [2.05, 4.69) is 21.2 Å². The van der Waals surface area contributed by atoms with E-state index in [4.69, 9.17) is 5.73 Å². The van der Waals surface area contributed by atoms with Crippen molar-refractivity contribution in [3.8, 4) is 0 Å². The van der Waals surface area contributed by atoms with E-state index < -0.39 is 5.54 Å². The van der Waals surface area contributed by atoms with Crippen molar-refractivity contribution in [3.63, 3.8) is 0 Å². The van der Waals surface area contributed by atoms with Gasteiger partial charge < -0.3 is 11.1 Å². The first-order chi connectivity index (χ1) is 8.34. The molecule has 0 fully saturated rings. The van der Waals surface area contributed by atoms with Crippen LogP contribution in [0.3, 0.4) is 0 Å². The number of hydrogen-bond acceptors (Lipinski definition) is 2. The molecule has 0 bridgehead atoms. The molecule has 1 rings (SSSR count). The number of amides is 1. The van der Waals surface area contributed by atoms with E-state index in [9.17, 15) is 4.79 Å². The Labute approximate surface area is 117 Å². The fraction of sp³-hybridized carbons (Fsp3) is 0.500. The molecule has 0 spiro atoms. The third kappa shape index (κ3) is 3.12. The second kappa shape index (κ2) is 5.85. The van der Waals surface area contributed by atoms with Crippen LogP contribution in [-0.4, -0.2) is 11.4 Å². The molecule has 0 aliphatic rings. The second-order valence-corrected chi connectivity index (χ2v) is 5.61. The van der Waals surface area contributed by atoms with Gasteiger partial charge in [0.05, 0.1) is 11.2 Å². The van der Waals surface area contributed by atoms with Crippen molar-refractivity contribution in [1.29, 1.82) is 0 Å². The van der Waals surface area contributed by atoms with E-state index in [0.29, 0.717) is 12.8 Å². The largest absolute Gasteiger partial charge is 0.323 e. The summed E-state index contributed by atoms with van der Waals surface area (Å²) in [7, 11) is 0. The van der Waals surface area contributed by atoms with E-state index in [-0.39, 0.29) is 5.91 Å². The number of nitrogens with one attached hydrogen (secondary N) is 1. The summed E-state index contributed by atoms with van der Waals surface area (Å²) in [5.74, 6) is -0.125. The molecule has 3 N–H and O–H groups in total. The standard InChI is InChI=1S/C14H21BrN2O/c1-5-14(16,6-2)13(18)17-12-10(4)7-9(3)8-11(12)15/h7-8H,5-6,16H2,1-4H3,(H,17,18). The number of carbonyl (C=O) groups is 1. The van der Waals surface area contributed by atoms with Crippen molar-refractivity contribution < 1.29 is 4.79 Å².